The van der Waals surface area contributed by atoms with Crippen molar-refractivity contribution in [2.45, 2.75) is 17.6 Å². The number of methoxy groups -OCH3 is 1. The molecule has 6 heteroatoms. The van der Waals surface area contributed by atoms with Crippen molar-refractivity contribution in [1.82, 2.24) is 4.98 Å². The van der Waals surface area contributed by atoms with Gasteiger partial charge in [-0.05, 0) is 55.0 Å². The average Bonchev–Trinajstić information content (AvgIpc) is 2.79. The van der Waals surface area contributed by atoms with E-state index in [4.69, 9.17) is 4.74 Å². The molecule has 0 atom stereocenters. The minimum atomic E-state index is -0.189. The van der Waals surface area contributed by atoms with E-state index in [0.717, 1.165) is 27.4 Å². The second-order valence-corrected chi connectivity index (χ2v) is 8.14. The number of nitrogens with one attached hydrogen (secondary N) is 2. The second-order valence-electron chi connectivity index (χ2n) is 7.12. The van der Waals surface area contributed by atoms with Crippen LogP contribution in [0.3, 0.4) is 0 Å². The van der Waals surface area contributed by atoms with Gasteiger partial charge in [0.25, 0.3) is 5.91 Å². The first kappa shape index (κ1) is 20.8. The number of benzene rings is 3. The van der Waals surface area contributed by atoms with Gasteiger partial charge in [-0.3, -0.25) is 9.59 Å². The highest BCUT2D eigenvalue weighted by Crippen LogP contribution is 2.30. The molecule has 0 saturated heterocycles. The SMILES string of the molecule is COc1ccc(C(=O)Nc2ccccc2SCc2cc(=O)c3cccc(C)c3[nH]2)cc1. The van der Waals surface area contributed by atoms with E-state index in [1.807, 2.05) is 49.4 Å². The third kappa shape index (κ3) is 4.64. The number of H-pyrrole nitrogens is 1. The Morgan fingerprint density at radius 2 is 1.81 bits per heavy atom. The van der Waals surface area contributed by atoms with Crippen LogP contribution >= 0.6 is 11.8 Å². The molecule has 4 aromatic rings. The van der Waals surface area contributed by atoms with Crippen molar-refractivity contribution in [2.75, 3.05) is 12.4 Å². The van der Waals surface area contributed by atoms with Crippen molar-refractivity contribution in [2.24, 2.45) is 0 Å². The number of aromatic amines is 1. The summed E-state index contributed by atoms with van der Waals surface area (Å²) in [5.74, 6) is 1.09. The summed E-state index contributed by atoms with van der Waals surface area (Å²) >= 11 is 1.56. The zero-order valence-corrected chi connectivity index (χ0v) is 18.1. The van der Waals surface area contributed by atoms with Crippen LogP contribution in [0.4, 0.5) is 5.69 Å². The molecule has 3 aromatic carbocycles. The summed E-state index contributed by atoms with van der Waals surface area (Å²) in [6.45, 7) is 1.99. The van der Waals surface area contributed by atoms with E-state index in [-0.39, 0.29) is 11.3 Å². The Hall–Kier alpha value is -3.51. The van der Waals surface area contributed by atoms with Crippen molar-refractivity contribution >= 4 is 34.3 Å². The van der Waals surface area contributed by atoms with Crippen LogP contribution in [-0.4, -0.2) is 18.0 Å². The predicted molar refractivity (Wildman–Crippen MR) is 126 cm³/mol. The van der Waals surface area contributed by atoms with E-state index >= 15 is 0 Å². The van der Waals surface area contributed by atoms with Gasteiger partial charge in [-0.2, -0.15) is 0 Å². The molecular formula is C25H22N2O3S. The molecule has 1 heterocycles. The molecule has 0 saturated carbocycles. The Morgan fingerprint density at radius 1 is 1.03 bits per heavy atom. The van der Waals surface area contributed by atoms with Gasteiger partial charge < -0.3 is 15.0 Å². The molecule has 0 fully saturated rings. The molecule has 0 aliphatic heterocycles. The Morgan fingerprint density at radius 3 is 2.58 bits per heavy atom. The largest absolute Gasteiger partial charge is 0.497 e. The maximum absolute atomic E-state index is 12.7. The van der Waals surface area contributed by atoms with Crippen molar-refractivity contribution in [3.05, 3.63) is 99.8 Å². The Balaban J connectivity index is 1.52. The number of hydrogen-bond acceptors (Lipinski definition) is 4. The molecule has 31 heavy (non-hydrogen) atoms. The fourth-order valence-electron chi connectivity index (χ4n) is 3.34. The number of pyridine rings is 1. The Kier molecular flexibility index (Phi) is 6.09. The Bertz CT molecular complexity index is 1300. The molecule has 0 unspecified atom stereocenters. The highest BCUT2D eigenvalue weighted by atomic mass is 32.2. The smallest absolute Gasteiger partial charge is 0.255 e. The molecule has 0 aliphatic rings. The number of carbonyl (C=O) groups excluding carboxylic acids is 1. The number of carbonyl (C=O) groups is 1. The minimum absolute atomic E-state index is 0.00847. The third-order valence-electron chi connectivity index (χ3n) is 5.00. The van der Waals surface area contributed by atoms with Gasteiger partial charge in [-0.15, -0.1) is 11.8 Å². The van der Waals surface area contributed by atoms with Gasteiger partial charge >= 0.3 is 0 Å². The average molecular weight is 431 g/mol. The summed E-state index contributed by atoms with van der Waals surface area (Å²) in [5, 5.41) is 3.67. The van der Waals surface area contributed by atoms with E-state index in [2.05, 4.69) is 10.3 Å². The first-order valence-corrected chi connectivity index (χ1v) is 10.8. The van der Waals surface area contributed by atoms with Crippen molar-refractivity contribution < 1.29 is 9.53 Å². The topological polar surface area (TPSA) is 71.2 Å². The summed E-state index contributed by atoms with van der Waals surface area (Å²) in [4.78, 5) is 29.5. The Labute approximate surface area is 184 Å². The summed E-state index contributed by atoms with van der Waals surface area (Å²) in [6, 6.07) is 22.0. The van der Waals surface area contributed by atoms with Gasteiger partial charge in [0.1, 0.15) is 5.75 Å². The van der Waals surface area contributed by atoms with Crippen LogP contribution in [0, 0.1) is 6.92 Å². The van der Waals surface area contributed by atoms with Crippen LogP contribution in [0.2, 0.25) is 0 Å². The first-order chi connectivity index (χ1) is 15.0. The molecular weight excluding hydrogens is 408 g/mol. The standard InChI is InChI=1S/C25H22N2O3S/c1-16-6-5-7-20-22(28)14-18(26-24(16)20)15-31-23-9-4-3-8-21(23)27-25(29)17-10-12-19(30-2)13-11-17/h3-14H,15H2,1-2H3,(H,26,28)(H,27,29). The summed E-state index contributed by atoms with van der Waals surface area (Å²) < 4.78 is 5.14. The number of thioether (sulfide) groups is 1. The number of para-hydroxylation sites is 2. The number of rotatable bonds is 6. The van der Waals surface area contributed by atoms with Crippen LogP contribution in [0.5, 0.6) is 5.75 Å². The lowest BCUT2D eigenvalue weighted by Crippen LogP contribution is -2.12. The third-order valence-corrected chi connectivity index (χ3v) is 6.12. The van der Waals surface area contributed by atoms with Crippen molar-refractivity contribution in [3.8, 4) is 5.75 Å². The molecule has 0 bridgehead atoms. The number of fused-ring (bicyclic) bond motifs is 1. The fourth-order valence-corrected chi connectivity index (χ4v) is 4.25. The van der Waals surface area contributed by atoms with Gasteiger partial charge in [0.05, 0.1) is 18.3 Å². The monoisotopic (exact) mass is 430 g/mol. The van der Waals surface area contributed by atoms with E-state index in [0.29, 0.717) is 22.5 Å². The maximum atomic E-state index is 12.7. The zero-order valence-electron chi connectivity index (χ0n) is 17.3. The molecule has 1 amide bonds. The molecule has 156 valence electrons. The number of aryl methyl sites for hydroxylation is 1. The van der Waals surface area contributed by atoms with E-state index < -0.39 is 0 Å². The predicted octanol–water partition coefficient (Wildman–Crippen LogP) is 5.39. The number of anilines is 1. The van der Waals surface area contributed by atoms with Crippen LogP contribution in [-0.2, 0) is 5.75 Å². The molecule has 2 N–H and O–H groups in total. The van der Waals surface area contributed by atoms with Gasteiger partial charge in [0.15, 0.2) is 5.43 Å². The summed E-state index contributed by atoms with van der Waals surface area (Å²) in [5.41, 5.74) is 4.03. The quantitative estimate of drug-likeness (QED) is 0.402. The fraction of sp³-hybridized carbons (Fsp3) is 0.120. The van der Waals surface area contributed by atoms with E-state index in [1.165, 1.54) is 0 Å². The van der Waals surface area contributed by atoms with Crippen LogP contribution in [0.25, 0.3) is 10.9 Å². The van der Waals surface area contributed by atoms with Crippen molar-refractivity contribution in [3.63, 3.8) is 0 Å². The zero-order chi connectivity index (χ0) is 21.8. The van der Waals surface area contributed by atoms with Gasteiger partial charge in [-0.25, -0.2) is 0 Å². The molecule has 1 aromatic heterocycles. The normalized spacial score (nSPS) is 10.8. The van der Waals surface area contributed by atoms with Crippen LogP contribution < -0.4 is 15.5 Å². The lowest BCUT2D eigenvalue weighted by Gasteiger charge is -2.12. The number of hydrogen-bond donors (Lipinski definition) is 2. The van der Waals surface area contributed by atoms with Gasteiger partial charge in [0, 0.05) is 33.4 Å². The number of aromatic nitrogens is 1. The van der Waals surface area contributed by atoms with Gasteiger partial charge in [-0.1, -0.05) is 24.3 Å². The molecule has 0 radical (unpaired) electrons. The minimum Gasteiger partial charge on any atom is -0.497 e. The lowest BCUT2D eigenvalue weighted by molar-refractivity contribution is 0.102. The summed E-state index contributed by atoms with van der Waals surface area (Å²) in [6.07, 6.45) is 0. The lowest BCUT2D eigenvalue weighted by atomic mass is 10.1. The first-order valence-electron chi connectivity index (χ1n) is 9.84. The molecule has 0 aliphatic carbocycles. The van der Waals surface area contributed by atoms with E-state index in [9.17, 15) is 9.59 Å². The maximum Gasteiger partial charge on any atom is 0.255 e. The summed E-state index contributed by atoms with van der Waals surface area (Å²) in [7, 11) is 1.59. The van der Waals surface area contributed by atoms with Crippen LogP contribution in [0.15, 0.2) is 82.5 Å². The number of amides is 1. The van der Waals surface area contributed by atoms with Crippen molar-refractivity contribution in [1.29, 1.82) is 0 Å². The van der Waals surface area contributed by atoms with E-state index in [1.54, 1.807) is 49.2 Å². The highest BCUT2D eigenvalue weighted by Gasteiger charge is 2.11. The highest BCUT2D eigenvalue weighted by molar-refractivity contribution is 7.98. The van der Waals surface area contributed by atoms with Gasteiger partial charge in [0.2, 0.25) is 0 Å². The molecule has 4 rings (SSSR count). The van der Waals surface area contributed by atoms with Crippen LogP contribution in [0.1, 0.15) is 21.6 Å². The number of ether oxygens (including phenoxy) is 1. The second kappa shape index (κ2) is 9.10. The molecule has 0 spiro atoms. The molecule has 5 nitrogen and oxygen atoms in total.